The number of pyridine rings is 1. The Kier molecular flexibility index (Phi) is 5.59. The normalized spacial score (nSPS) is 12.3. The first-order valence-corrected chi connectivity index (χ1v) is 10.7. The maximum absolute atomic E-state index is 13.5. The van der Waals surface area contributed by atoms with E-state index < -0.39 is 0 Å². The van der Waals surface area contributed by atoms with Gasteiger partial charge in [0.2, 0.25) is 0 Å². The number of aromatic nitrogens is 5. The molecule has 1 aromatic carbocycles. The Morgan fingerprint density at radius 3 is 2.58 bits per heavy atom. The summed E-state index contributed by atoms with van der Waals surface area (Å²) in [6.07, 6.45) is 2.51. The molecule has 7 heteroatoms. The minimum absolute atomic E-state index is 0.111. The van der Waals surface area contributed by atoms with Crippen LogP contribution in [0.1, 0.15) is 53.6 Å². The number of rotatable bonds is 6. The highest BCUT2D eigenvalue weighted by Gasteiger charge is 2.23. The van der Waals surface area contributed by atoms with Crippen LogP contribution < -0.4 is 5.32 Å². The molecule has 1 atom stereocenters. The number of aryl methyl sites for hydroxylation is 3. The van der Waals surface area contributed by atoms with E-state index in [1.54, 1.807) is 10.9 Å². The van der Waals surface area contributed by atoms with Crippen LogP contribution in [0.5, 0.6) is 0 Å². The van der Waals surface area contributed by atoms with Crippen LogP contribution in [0.3, 0.4) is 0 Å². The Bertz CT molecular complexity index is 1250. The first kappa shape index (κ1) is 20.8. The maximum Gasteiger partial charge on any atom is 0.252 e. The van der Waals surface area contributed by atoms with Gasteiger partial charge in [-0.1, -0.05) is 25.1 Å². The predicted octanol–water partition coefficient (Wildman–Crippen LogP) is 4.35. The molecular formula is C24H28N6O. The molecule has 0 saturated heterocycles. The molecule has 0 radical (unpaired) electrons. The van der Waals surface area contributed by atoms with E-state index >= 15 is 0 Å². The van der Waals surface area contributed by atoms with Crippen molar-refractivity contribution in [1.82, 2.24) is 29.9 Å². The Morgan fingerprint density at radius 2 is 1.94 bits per heavy atom. The Morgan fingerprint density at radius 1 is 1.16 bits per heavy atom. The van der Waals surface area contributed by atoms with E-state index in [2.05, 4.69) is 36.3 Å². The third kappa shape index (κ3) is 3.71. The number of hydrogen-bond donors (Lipinski definition) is 1. The van der Waals surface area contributed by atoms with Crippen LogP contribution in [0.2, 0.25) is 0 Å². The molecule has 160 valence electrons. The number of hydrogen-bond acceptors (Lipinski definition) is 4. The zero-order valence-corrected chi connectivity index (χ0v) is 18.7. The van der Waals surface area contributed by atoms with Gasteiger partial charge in [0.05, 0.1) is 34.2 Å². The van der Waals surface area contributed by atoms with Crippen LogP contribution in [0.4, 0.5) is 0 Å². The Balaban J connectivity index is 1.77. The SMILES string of the molecule is CCC(NC(=O)c1cc(-c2ccnn2C)nc2ccccc12)c1c(C)nn(CC)c1C. The molecule has 1 amide bonds. The molecule has 4 rings (SSSR count). The first-order valence-electron chi connectivity index (χ1n) is 10.7. The molecule has 3 aromatic heterocycles. The van der Waals surface area contributed by atoms with Gasteiger partial charge in [0, 0.05) is 36.4 Å². The lowest BCUT2D eigenvalue weighted by Gasteiger charge is -2.19. The van der Waals surface area contributed by atoms with E-state index in [9.17, 15) is 4.79 Å². The van der Waals surface area contributed by atoms with Crippen molar-refractivity contribution in [3.8, 4) is 11.4 Å². The van der Waals surface area contributed by atoms with E-state index in [0.717, 1.165) is 52.2 Å². The van der Waals surface area contributed by atoms with Crippen molar-refractivity contribution in [3.63, 3.8) is 0 Å². The summed E-state index contributed by atoms with van der Waals surface area (Å²) in [6, 6.07) is 11.4. The summed E-state index contributed by atoms with van der Waals surface area (Å²) in [5.74, 6) is -0.114. The zero-order chi connectivity index (χ0) is 22.1. The fourth-order valence-electron chi connectivity index (χ4n) is 4.26. The van der Waals surface area contributed by atoms with Crippen molar-refractivity contribution in [2.75, 3.05) is 0 Å². The standard InChI is InChI=1S/C24H28N6O/c1-6-19(23-15(3)28-30(7-2)16(23)4)27-24(31)18-14-21(22-12-13-25-29(22)5)26-20-11-9-8-10-17(18)20/h8-14,19H,6-7H2,1-5H3,(H,27,31). The summed E-state index contributed by atoms with van der Waals surface area (Å²) in [5, 5.41) is 13.0. The number of benzene rings is 1. The molecule has 0 fully saturated rings. The minimum atomic E-state index is -0.114. The van der Waals surface area contributed by atoms with Crippen molar-refractivity contribution in [3.05, 3.63) is 65.1 Å². The fraction of sp³-hybridized carbons (Fsp3) is 0.333. The molecule has 0 aliphatic rings. The molecule has 31 heavy (non-hydrogen) atoms. The topological polar surface area (TPSA) is 77.6 Å². The van der Waals surface area contributed by atoms with Crippen LogP contribution in [0.25, 0.3) is 22.3 Å². The third-order valence-corrected chi connectivity index (χ3v) is 5.84. The number of amides is 1. The molecule has 0 bridgehead atoms. The number of para-hydroxylation sites is 1. The lowest BCUT2D eigenvalue weighted by Crippen LogP contribution is -2.29. The molecule has 0 spiro atoms. The van der Waals surface area contributed by atoms with Gasteiger partial charge in [-0.3, -0.25) is 14.2 Å². The summed E-state index contributed by atoms with van der Waals surface area (Å²) in [6.45, 7) is 9.03. The average Bonchev–Trinajstić information content (AvgIpc) is 3.33. The van der Waals surface area contributed by atoms with Crippen molar-refractivity contribution in [1.29, 1.82) is 0 Å². The zero-order valence-electron chi connectivity index (χ0n) is 18.7. The fourth-order valence-corrected chi connectivity index (χ4v) is 4.26. The second-order valence-electron chi connectivity index (χ2n) is 7.75. The van der Waals surface area contributed by atoms with Crippen LogP contribution in [0, 0.1) is 13.8 Å². The van der Waals surface area contributed by atoms with Gasteiger partial charge in [0.15, 0.2) is 0 Å². The summed E-state index contributed by atoms with van der Waals surface area (Å²) >= 11 is 0. The average molecular weight is 417 g/mol. The maximum atomic E-state index is 13.5. The van der Waals surface area contributed by atoms with Crippen molar-refractivity contribution in [2.24, 2.45) is 7.05 Å². The molecule has 1 unspecified atom stereocenters. The van der Waals surface area contributed by atoms with Crippen LogP contribution in [-0.2, 0) is 13.6 Å². The highest BCUT2D eigenvalue weighted by atomic mass is 16.1. The molecular weight excluding hydrogens is 388 g/mol. The lowest BCUT2D eigenvalue weighted by molar-refractivity contribution is 0.0937. The smallest absolute Gasteiger partial charge is 0.252 e. The molecule has 0 aliphatic carbocycles. The van der Waals surface area contributed by atoms with Gasteiger partial charge in [0.25, 0.3) is 5.91 Å². The molecule has 7 nitrogen and oxygen atoms in total. The van der Waals surface area contributed by atoms with E-state index in [0.29, 0.717) is 5.56 Å². The van der Waals surface area contributed by atoms with Crippen molar-refractivity contribution >= 4 is 16.8 Å². The van der Waals surface area contributed by atoms with Gasteiger partial charge in [0.1, 0.15) is 0 Å². The summed E-state index contributed by atoms with van der Waals surface area (Å²) in [4.78, 5) is 18.3. The highest BCUT2D eigenvalue weighted by Crippen LogP contribution is 2.28. The molecule has 1 N–H and O–H groups in total. The number of carbonyl (C=O) groups is 1. The Labute approximate surface area is 182 Å². The largest absolute Gasteiger partial charge is 0.345 e. The molecule has 0 aliphatic heterocycles. The summed E-state index contributed by atoms with van der Waals surface area (Å²) < 4.78 is 3.75. The molecule has 3 heterocycles. The number of fused-ring (bicyclic) bond motifs is 1. The number of carbonyl (C=O) groups excluding carboxylic acids is 1. The van der Waals surface area contributed by atoms with Crippen LogP contribution >= 0.6 is 0 Å². The second-order valence-corrected chi connectivity index (χ2v) is 7.75. The quantitative estimate of drug-likeness (QED) is 0.507. The van der Waals surface area contributed by atoms with Gasteiger partial charge in [-0.15, -0.1) is 0 Å². The summed E-state index contributed by atoms with van der Waals surface area (Å²) in [5.41, 5.74) is 6.14. The van der Waals surface area contributed by atoms with E-state index in [4.69, 9.17) is 4.98 Å². The third-order valence-electron chi connectivity index (χ3n) is 5.84. The van der Waals surface area contributed by atoms with E-state index in [-0.39, 0.29) is 11.9 Å². The molecule has 0 saturated carbocycles. The summed E-state index contributed by atoms with van der Waals surface area (Å²) in [7, 11) is 1.87. The second kappa shape index (κ2) is 8.34. The van der Waals surface area contributed by atoms with Gasteiger partial charge in [-0.05, 0) is 45.4 Å². The first-order chi connectivity index (χ1) is 14.9. The van der Waals surface area contributed by atoms with E-state index in [1.807, 2.05) is 55.1 Å². The van der Waals surface area contributed by atoms with Crippen molar-refractivity contribution < 1.29 is 4.79 Å². The monoisotopic (exact) mass is 416 g/mol. The highest BCUT2D eigenvalue weighted by molar-refractivity contribution is 6.07. The number of nitrogens with zero attached hydrogens (tertiary/aromatic N) is 5. The number of nitrogens with one attached hydrogen (secondary N) is 1. The Hall–Kier alpha value is -3.48. The van der Waals surface area contributed by atoms with Gasteiger partial charge < -0.3 is 5.32 Å². The van der Waals surface area contributed by atoms with E-state index in [1.165, 1.54) is 0 Å². The van der Waals surface area contributed by atoms with Crippen LogP contribution in [0.15, 0.2) is 42.6 Å². The molecule has 4 aromatic rings. The van der Waals surface area contributed by atoms with Gasteiger partial charge in [-0.25, -0.2) is 4.98 Å². The lowest BCUT2D eigenvalue weighted by atomic mass is 10.0. The van der Waals surface area contributed by atoms with Crippen molar-refractivity contribution in [2.45, 2.75) is 46.7 Å². The minimum Gasteiger partial charge on any atom is -0.345 e. The van der Waals surface area contributed by atoms with Gasteiger partial charge >= 0.3 is 0 Å². The van der Waals surface area contributed by atoms with Crippen LogP contribution in [-0.4, -0.2) is 30.5 Å². The predicted molar refractivity (Wildman–Crippen MR) is 122 cm³/mol. The van der Waals surface area contributed by atoms with Gasteiger partial charge in [-0.2, -0.15) is 10.2 Å².